The van der Waals surface area contributed by atoms with E-state index in [0.29, 0.717) is 6.04 Å². The second-order valence-electron chi connectivity index (χ2n) is 5.60. The summed E-state index contributed by atoms with van der Waals surface area (Å²) in [4.78, 5) is 4.32. The average molecular weight is 215 g/mol. The predicted molar refractivity (Wildman–Crippen MR) is 63.9 cm³/mol. The highest BCUT2D eigenvalue weighted by Crippen LogP contribution is 2.66. The van der Waals surface area contributed by atoms with Gasteiger partial charge in [-0.2, -0.15) is 0 Å². The zero-order valence-electron chi connectivity index (χ0n) is 9.26. The first-order chi connectivity index (χ1) is 7.84. The van der Waals surface area contributed by atoms with Crippen LogP contribution in [0.15, 0.2) is 18.3 Å². The molecule has 0 radical (unpaired) electrons. The summed E-state index contributed by atoms with van der Waals surface area (Å²) < 4.78 is 0. The summed E-state index contributed by atoms with van der Waals surface area (Å²) in [5.41, 5.74) is 6.68. The van der Waals surface area contributed by atoms with E-state index in [-0.39, 0.29) is 0 Å². The molecular weight excluding hydrogens is 198 g/mol. The van der Waals surface area contributed by atoms with Crippen LogP contribution in [0.4, 0.5) is 11.5 Å². The molecule has 2 bridgehead atoms. The van der Waals surface area contributed by atoms with E-state index in [9.17, 15) is 0 Å². The van der Waals surface area contributed by atoms with Gasteiger partial charge in [0.05, 0.1) is 5.69 Å². The summed E-state index contributed by atoms with van der Waals surface area (Å²) in [5.74, 6) is 4.75. The van der Waals surface area contributed by atoms with Crippen LogP contribution in [0.3, 0.4) is 0 Å². The van der Waals surface area contributed by atoms with Crippen molar-refractivity contribution in [3.05, 3.63) is 18.3 Å². The number of nitrogens with two attached hydrogens (primary N) is 1. The first kappa shape index (κ1) is 8.85. The molecule has 1 heterocycles. The van der Waals surface area contributed by atoms with Crippen LogP contribution in [-0.4, -0.2) is 11.0 Å². The number of anilines is 2. The first-order valence-corrected chi connectivity index (χ1v) is 6.31. The predicted octanol–water partition coefficient (Wildman–Crippen LogP) is 2.12. The molecule has 1 aromatic rings. The van der Waals surface area contributed by atoms with Crippen molar-refractivity contribution in [3.8, 4) is 0 Å². The fraction of sp³-hybridized carbons (Fsp3) is 0.615. The first-order valence-electron chi connectivity index (χ1n) is 6.31. The summed E-state index contributed by atoms with van der Waals surface area (Å²) in [6, 6.07) is 4.48. The molecule has 3 saturated carbocycles. The van der Waals surface area contributed by atoms with Gasteiger partial charge in [0.2, 0.25) is 0 Å². The van der Waals surface area contributed by atoms with Gasteiger partial charge >= 0.3 is 0 Å². The molecular formula is C13H17N3. The van der Waals surface area contributed by atoms with Crippen LogP contribution in [0, 0.1) is 23.7 Å². The Morgan fingerprint density at radius 2 is 2.00 bits per heavy atom. The van der Waals surface area contributed by atoms with Crippen molar-refractivity contribution in [2.75, 3.05) is 11.1 Å². The minimum Gasteiger partial charge on any atom is -0.396 e. The molecule has 3 aliphatic carbocycles. The molecule has 84 valence electrons. The molecule has 3 aliphatic rings. The summed E-state index contributed by atoms with van der Waals surface area (Å²) >= 11 is 0. The molecule has 0 aliphatic heterocycles. The van der Waals surface area contributed by atoms with Crippen molar-refractivity contribution >= 4 is 11.5 Å². The van der Waals surface area contributed by atoms with Crippen LogP contribution in [0.5, 0.6) is 0 Å². The van der Waals surface area contributed by atoms with E-state index >= 15 is 0 Å². The number of hydrogen-bond donors (Lipinski definition) is 2. The quantitative estimate of drug-likeness (QED) is 0.794. The van der Waals surface area contributed by atoms with Crippen molar-refractivity contribution in [2.24, 2.45) is 23.7 Å². The normalized spacial score (nSPS) is 43.1. The number of nitrogens with zero attached hydrogens (tertiary/aromatic N) is 1. The largest absolute Gasteiger partial charge is 0.396 e. The second-order valence-corrected chi connectivity index (χ2v) is 5.60. The van der Waals surface area contributed by atoms with Gasteiger partial charge < -0.3 is 11.1 Å². The Hall–Kier alpha value is -1.25. The zero-order chi connectivity index (χ0) is 10.7. The Bertz CT molecular complexity index is 415. The third kappa shape index (κ3) is 1.06. The van der Waals surface area contributed by atoms with Gasteiger partial charge in [0.1, 0.15) is 5.82 Å². The molecule has 0 spiro atoms. The molecule has 3 nitrogen and oxygen atoms in total. The Morgan fingerprint density at radius 1 is 1.25 bits per heavy atom. The van der Waals surface area contributed by atoms with Crippen LogP contribution < -0.4 is 11.1 Å². The Labute approximate surface area is 95.4 Å². The number of nitrogens with one attached hydrogen (secondary N) is 1. The molecule has 3 fully saturated rings. The fourth-order valence-electron chi connectivity index (χ4n) is 4.21. The third-order valence-corrected chi connectivity index (χ3v) is 4.88. The standard InChI is InChI=1S/C13H17N3/c14-9-2-1-5-15-13(9)16-12-10-7-3-4-8(6-7)11(10)12/h1-2,5,7-8,10-12H,3-4,6,14H2,(H,15,16). The number of aromatic nitrogens is 1. The smallest absolute Gasteiger partial charge is 0.149 e. The van der Waals surface area contributed by atoms with Gasteiger partial charge in [0, 0.05) is 12.2 Å². The number of fused-ring (bicyclic) bond motifs is 5. The zero-order valence-corrected chi connectivity index (χ0v) is 9.26. The molecule has 16 heavy (non-hydrogen) atoms. The van der Waals surface area contributed by atoms with Crippen molar-refractivity contribution in [2.45, 2.75) is 25.3 Å². The third-order valence-electron chi connectivity index (χ3n) is 4.88. The van der Waals surface area contributed by atoms with E-state index in [2.05, 4.69) is 10.3 Å². The van der Waals surface area contributed by atoms with E-state index in [1.807, 2.05) is 18.3 Å². The molecule has 3 N–H and O–H groups in total. The van der Waals surface area contributed by atoms with Crippen LogP contribution in [0.25, 0.3) is 0 Å². The minimum absolute atomic E-state index is 0.670. The molecule has 4 atom stereocenters. The highest BCUT2D eigenvalue weighted by Gasteiger charge is 2.65. The number of nitrogen functional groups attached to an aromatic ring is 1. The average Bonchev–Trinajstić information content (AvgIpc) is 2.71. The van der Waals surface area contributed by atoms with Gasteiger partial charge in [-0.05, 0) is 55.1 Å². The maximum absolute atomic E-state index is 5.91. The topological polar surface area (TPSA) is 50.9 Å². The molecule has 0 saturated heterocycles. The Kier molecular flexibility index (Phi) is 1.61. The van der Waals surface area contributed by atoms with Gasteiger partial charge in [-0.25, -0.2) is 4.98 Å². The van der Waals surface area contributed by atoms with Crippen LogP contribution >= 0.6 is 0 Å². The van der Waals surface area contributed by atoms with Gasteiger partial charge in [-0.3, -0.25) is 0 Å². The van der Waals surface area contributed by atoms with E-state index in [4.69, 9.17) is 5.73 Å². The van der Waals surface area contributed by atoms with E-state index < -0.39 is 0 Å². The lowest BCUT2D eigenvalue weighted by molar-refractivity contribution is 0.456. The summed E-state index contributed by atoms with van der Waals surface area (Å²) in [5, 5.41) is 3.55. The lowest BCUT2D eigenvalue weighted by Gasteiger charge is -2.12. The van der Waals surface area contributed by atoms with Crippen molar-refractivity contribution in [3.63, 3.8) is 0 Å². The SMILES string of the molecule is Nc1cccnc1NC1C2C3CCC(C3)C12. The molecule has 4 unspecified atom stereocenters. The second kappa shape index (κ2) is 2.90. The summed E-state index contributed by atoms with van der Waals surface area (Å²) in [6.45, 7) is 0. The van der Waals surface area contributed by atoms with Crippen LogP contribution in [-0.2, 0) is 0 Å². The van der Waals surface area contributed by atoms with E-state index in [1.165, 1.54) is 19.3 Å². The van der Waals surface area contributed by atoms with Gasteiger partial charge in [0.15, 0.2) is 0 Å². The number of pyridine rings is 1. The van der Waals surface area contributed by atoms with Gasteiger partial charge in [-0.1, -0.05) is 0 Å². The maximum atomic E-state index is 5.91. The van der Waals surface area contributed by atoms with Crippen LogP contribution in [0.2, 0.25) is 0 Å². The van der Waals surface area contributed by atoms with E-state index in [0.717, 1.165) is 35.2 Å². The lowest BCUT2D eigenvalue weighted by Crippen LogP contribution is -2.14. The molecule has 1 aromatic heterocycles. The highest BCUT2D eigenvalue weighted by molar-refractivity contribution is 5.61. The molecule has 0 amide bonds. The lowest BCUT2D eigenvalue weighted by atomic mass is 10.0. The van der Waals surface area contributed by atoms with Crippen LogP contribution in [0.1, 0.15) is 19.3 Å². The number of rotatable bonds is 2. The Balaban J connectivity index is 1.53. The molecule has 3 heteroatoms. The summed E-state index contributed by atoms with van der Waals surface area (Å²) in [6.07, 6.45) is 6.22. The maximum Gasteiger partial charge on any atom is 0.149 e. The Morgan fingerprint density at radius 3 is 2.69 bits per heavy atom. The highest BCUT2D eigenvalue weighted by atomic mass is 15.1. The van der Waals surface area contributed by atoms with Gasteiger partial charge in [-0.15, -0.1) is 0 Å². The van der Waals surface area contributed by atoms with Gasteiger partial charge in [0.25, 0.3) is 0 Å². The minimum atomic E-state index is 0.670. The fourth-order valence-corrected chi connectivity index (χ4v) is 4.21. The monoisotopic (exact) mass is 215 g/mol. The molecule has 0 aromatic carbocycles. The van der Waals surface area contributed by atoms with Crippen molar-refractivity contribution < 1.29 is 0 Å². The van der Waals surface area contributed by atoms with Crippen molar-refractivity contribution in [1.29, 1.82) is 0 Å². The number of hydrogen-bond acceptors (Lipinski definition) is 3. The molecule has 4 rings (SSSR count). The van der Waals surface area contributed by atoms with E-state index in [1.54, 1.807) is 0 Å². The summed E-state index contributed by atoms with van der Waals surface area (Å²) in [7, 11) is 0. The van der Waals surface area contributed by atoms with Crippen molar-refractivity contribution in [1.82, 2.24) is 4.98 Å².